The van der Waals surface area contributed by atoms with E-state index in [9.17, 15) is 14.7 Å². The summed E-state index contributed by atoms with van der Waals surface area (Å²) in [6, 6.07) is 17.2. The summed E-state index contributed by atoms with van der Waals surface area (Å²) in [5.41, 5.74) is 1.27. The van der Waals surface area contributed by atoms with Gasteiger partial charge < -0.3 is 23.9 Å². The molecular formula is C26H21NO6S. The van der Waals surface area contributed by atoms with Gasteiger partial charge in [0.15, 0.2) is 22.9 Å². The second-order valence-corrected chi connectivity index (χ2v) is 8.76. The van der Waals surface area contributed by atoms with Crippen molar-refractivity contribution in [2.45, 2.75) is 12.6 Å². The smallest absolute Gasteiger partial charge is 0.290 e. The van der Waals surface area contributed by atoms with E-state index in [1.54, 1.807) is 43.5 Å². The Hall–Kier alpha value is -4.04. The van der Waals surface area contributed by atoms with Crippen LogP contribution in [0.15, 0.2) is 81.8 Å². The highest BCUT2D eigenvalue weighted by Crippen LogP contribution is 2.42. The predicted molar refractivity (Wildman–Crippen MR) is 127 cm³/mol. The molecule has 0 radical (unpaired) electrons. The van der Waals surface area contributed by atoms with Crippen molar-refractivity contribution >= 4 is 34.0 Å². The fourth-order valence-corrected chi connectivity index (χ4v) is 5.01. The van der Waals surface area contributed by atoms with E-state index in [-0.39, 0.29) is 17.9 Å². The molecule has 0 fully saturated rings. The number of benzene rings is 2. The zero-order valence-electron chi connectivity index (χ0n) is 18.5. The Labute approximate surface area is 199 Å². The van der Waals surface area contributed by atoms with E-state index in [2.05, 4.69) is 0 Å². The van der Waals surface area contributed by atoms with Gasteiger partial charge in [-0.25, -0.2) is 0 Å². The molecule has 2 aromatic carbocycles. The van der Waals surface area contributed by atoms with E-state index >= 15 is 0 Å². The summed E-state index contributed by atoms with van der Waals surface area (Å²) in [5.74, 6) is -0.492. The summed E-state index contributed by atoms with van der Waals surface area (Å²) in [5, 5.41) is 13.4. The molecule has 3 heterocycles. The summed E-state index contributed by atoms with van der Waals surface area (Å²) in [7, 11) is 3.10. The number of thiophene rings is 1. The number of hydrogen-bond donors (Lipinski definition) is 1. The Morgan fingerprint density at radius 2 is 1.88 bits per heavy atom. The molecule has 8 heteroatoms. The van der Waals surface area contributed by atoms with E-state index < -0.39 is 23.5 Å². The molecule has 1 unspecified atom stereocenters. The maximum Gasteiger partial charge on any atom is 0.290 e. The third-order valence-corrected chi connectivity index (χ3v) is 6.75. The third-order valence-electron chi connectivity index (χ3n) is 5.82. The number of hydrogen-bond acceptors (Lipinski definition) is 7. The van der Waals surface area contributed by atoms with Crippen molar-refractivity contribution < 1.29 is 28.6 Å². The normalized spacial score (nSPS) is 15.9. The molecule has 7 nitrogen and oxygen atoms in total. The van der Waals surface area contributed by atoms with Crippen LogP contribution in [0, 0.1) is 0 Å². The van der Waals surface area contributed by atoms with Crippen molar-refractivity contribution in [2.24, 2.45) is 0 Å². The minimum Gasteiger partial charge on any atom is -0.503 e. The molecule has 34 heavy (non-hydrogen) atoms. The van der Waals surface area contributed by atoms with Crippen LogP contribution < -0.4 is 9.47 Å². The van der Waals surface area contributed by atoms with Gasteiger partial charge in [0.05, 0.1) is 19.8 Å². The van der Waals surface area contributed by atoms with Crippen LogP contribution in [0.1, 0.15) is 27.0 Å². The first-order chi connectivity index (χ1) is 16.5. The van der Waals surface area contributed by atoms with Crippen molar-refractivity contribution in [3.8, 4) is 11.5 Å². The zero-order valence-corrected chi connectivity index (χ0v) is 19.3. The number of rotatable bonds is 7. The first kappa shape index (κ1) is 21.8. The Morgan fingerprint density at radius 3 is 2.56 bits per heavy atom. The quantitative estimate of drug-likeness (QED) is 0.365. The van der Waals surface area contributed by atoms with Crippen LogP contribution in [0.2, 0.25) is 0 Å². The lowest BCUT2D eigenvalue weighted by atomic mass is 10.00. The molecule has 1 aliphatic rings. The lowest BCUT2D eigenvalue weighted by molar-refractivity contribution is -0.130. The molecule has 2 aromatic heterocycles. The first-order valence-electron chi connectivity index (χ1n) is 10.5. The molecule has 4 aromatic rings. The summed E-state index contributed by atoms with van der Waals surface area (Å²) in [4.78, 5) is 29.0. The molecule has 0 aliphatic carbocycles. The van der Waals surface area contributed by atoms with Gasteiger partial charge in [0.1, 0.15) is 11.8 Å². The van der Waals surface area contributed by atoms with Crippen LogP contribution in [0.5, 0.6) is 11.5 Å². The molecule has 1 amide bonds. The number of nitrogens with zero attached hydrogens (tertiary/aromatic N) is 1. The number of amides is 1. The van der Waals surface area contributed by atoms with E-state index in [0.717, 1.165) is 10.4 Å². The van der Waals surface area contributed by atoms with Crippen LogP contribution in [0.4, 0.5) is 0 Å². The van der Waals surface area contributed by atoms with E-state index in [4.69, 9.17) is 13.9 Å². The molecule has 172 valence electrons. The standard InChI is InChI=1S/C26H21NO6S/c1-31-17-10-8-15(9-11-17)14-27-22(20-7-4-12-34-20)21(24(29)26(27)30)23(28)19-13-16-5-3-6-18(32-2)25(16)33-19/h3-13,22,29H,14H2,1-2H3. The van der Waals surface area contributed by atoms with Gasteiger partial charge in [-0.3, -0.25) is 9.59 Å². The van der Waals surface area contributed by atoms with Crippen LogP contribution in [0.3, 0.4) is 0 Å². The minimum atomic E-state index is -0.739. The monoisotopic (exact) mass is 475 g/mol. The Bertz CT molecular complexity index is 1400. The van der Waals surface area contributed by atoms with Crippen LogP contribution in [-0.4, -0.2) is 35.9 Å². The van der Waals surface area contributed by atoms with Gasteiger partial charge in [0.25, 0.3) is 5.91 Å². The molecule has 1 aliphatic heterocycles. The van der Waals surface area contributed by atoms with Crippen molar-refractivity contribution in [2.75, 3.05) is 14.2 Å². The van der Waals surface area contributed by atoms with Gasteiger partial charge in [-0.2, -0.15) is 0 Å². The first-order valence-corrected chi connectivity index (χ1v) is 11.4. The lowest BCUT2D eigenvalue weighted by Crippen LogP contribution is -2.30. The van der Waals surface area contributed by atoms with Gasteiger partial charge >= 0.3 is 0 Å². The number of methoxy groups -OCH3 is 2. The topological polar surface area (TPSA) is 89.2 Å². The summed E-state index contributed by atoms with van der Waals surface area (Å²) < 4.78 is 16.4. The maximum absolute atomic E-state index is 13.6. The number of Topliss-reactive ketones (excluding diaryl/α,β-unsaturated/α-hetero) is 1. The Morgan fingerprint density at radius 1 is 1.09 bits per heavy atom. The molecule has 0 saturated heterocycles. The van der Waals surface area contributed by atoms with Crippen LogP contribution in [-0.2, 0) is 11.3 Å². The minimum absolute atomic E-state index is 0.000940. The Kier molecular flexibility index (Phi) is 5.59. The van der Waals surface area contributed by atoms with Gasteiger partial charge in [-0.15, -0.1) is 11.3 Å². The fraction of sp³-hybridized carbons (Fsp3) is 0.154. The number of para-hydroxylation sites is 1. The number of ether oxygens (including phenoxy) is 2. The number of furan rings is 1. The summed E-state index contributed by atoms with van der Waals surface area (Å²) in [6.07, 6.45) is 0. The molecule has 0 saturated carbocycles. The second kappa shape index (κ2) is 8.72. The van der Waals surface area contributed by atoms with Gasteiger partial charge in [0, 0.05) is 16.8 Å². The van der Waals surface area contributed by atoms with Gasteiger partial charge in [-0.05, 0) is 41.3 Å². The maximum atomic E-state index is 13.6. The highest BCUT2D eigenvalue weighted by atomic mass is 32.1. The summed E-state index contributed by atoms with van der Waals surface area (Å²) >= 11 is 1.41. The molecule has 5 rings (SSSR count). The van der Waals surface area contributed by atoms with E-state index in [1.807, 2.05) is 29.6 Å². The average molecular weight is 476 g/mol. The fourth-order valence-electron chi connectivity index (χ4n) is 4.16. The SMILES string of the molecule is COc1ccc(CN2C(=O)C(O)=C(C(=O)c3cc4cccc(OC)c4o3)C2c2cccs2)cc1. The number of aliphatic hydroxyl groups is 1. The number of fused-ring (bicyclic) bond motifs is 1. The average Bonchev–Trinajstić information content (AvgIpc) is 3.59. The third kappa shape index (κ3) is 3.62. The van der Waals surface area contributed by atoms with Crippen molar-refractivity contribution in [3.05, 3.63) is 93.6 Å². The number of carbonyl (C=O) groups is 2. The number of aliphatic hydroxyl groups excluding tert-OH is 1. The highest BCUT2D eigenvalue weighted by molar-refractivity contribution is 7.10. The zero-order chi connectivity index (χ0) is 23.8. The molecule has 0 spiro atoms. The number of carbonyl (C=O) groups excluding carboxylic acids is 2. The molecular weight excluding hydrogens is 454 g/mol. The second-order valence-electron chi connectivity index (χ2n) is 7.78. The highest BCUT2D eigenvalue weighted by Gasteiger charge is 2.45. The molecule has 1 N–H and O–H groups in total. The predicted octanol–water partition coefficient (Wildman–Crippen LogP) is 5.29. The molecule has 1 atom stereocenters. The van der Waals surface area contributed by atoms with Crippen molar-refractivity contribution in [3.63, 3.8) is 0 Å². The lowest BCUT2D eigenvalue weighted by Gasteiger charge is -2.25. The number of ketones is 1. The molecule has 0 bridgehead atoms. The van der Waals surface area contributed by atoms with Crippen molar-refractivity contribution in [1.29, 1.82) is 0 Å². The summed E-state index contributed by atoms with van der Waals surface area (Å²) in [6.45, 7) is 0.209. The van der Waals surface area contributed by atoms with Crippen molar-refractivity contribution in [1.82, 2.24) is 4.90 Å². The van der Waals surface area contributed by atoms with E-state index in [0.29, 0.717) is 22.5 Å². The Balaban J connectivity index is 1.55. The van der Waals surface area contributed by atoms with Gasteiger partial charge in [0.2, 0.25) is 5.78 Å². The van der Waals surface area contributed by atoms with Gasteiger partial charge in [-0.1, -0.05) is 30.3 Å². The van der Waals surface area contributed by atoms with Crippen LogP contribution in [0.25, 0.3) is 11.0 Å². The largest absolute Gasteiger partial charge is 0.503 e. The van der Waals surface area contributed by atoms with Crippen LogP contribution >= 0.6 is 11.3 Å². The van der Waals surface area contributed by atoms with E-state index in [1.165, 1.54) is 23.3 Å².